The van der Waals surface area contributed by atoms with Crippen LogP contribution in [0, 0.1) is 0 Å². The lowest BCUT2D eigenvalue weighted by Gasteiger charge is -2.15. The third kappa shape index (κ3) is 5.37. The molecule has 2 atom stereocenters. The largest absolute Gasteiger partial charge is 0.493 e. The van der Waals surface area contributed by atoms with Crippen molar-refractivity contribution in [3.8, 4) is 5.88 Å². The van der Waals surface area contributed by atoms with E-state index in [0.717, 1.165) is 11.3 Å². The van der Waals surface area contributed by atoms with Crippen molar-refractivity contribution in [2.75, 3.05) is 5.73 Å². The van der Waals surface area contributed by atoms with E-state index in [-0.39, 0.29) is 36.2 Å². The summed E-state index contributed by atoms with van der Waals surface area (Å²) in [4.78, 5) is 42.3. The van der Waals surface area contributed by atoms with Gasteiger partial charge in [0.25, 0.3) is 5.91 Å². The first-order chi connectivity index (χ1) is 15.6. The van der Waals surface area contributed by atoms with Gasteiger partial charge in [0.1, 0.15) is 11.7 Å². The molecular formula is C22H25N5O6. The van der Waals surface area contributed by atoms with E-state index in [1.54, 1.807) is 24.3 Å². The maximum atomic E-state index is 12.4. The maximum absolute atomic E-state index is 12.4. The number of nitrogens with two attached hydrogens (primary N) is 1. The summed E-state index contributed by atoms with van der Waals surface area (Å²) in [6.07, 6.45) is 0.0624. The van der Waals surface area contributed by atoms with E-state index < -0.39 is 23.9 Å². The van der Waals surface area contributed by atoms with Gasteiger partial charge in [-0.1, -0.05) is 19.1 Å². The van der Waals surface area contributed by atoms with Gasteiger partial charge < -0.3 is 30.9 Å². The summed E-state index contributed by atoms with van der Waals surface area (Å²) in [5.41, 5.74) is 8.30. The van der Waals surface area contributed by atoms with Crippen LogP contribution in [0.1, 0.15) is 47.3 Å². The average Bonchev–Trinajstić information content (AvgIpc) is 3.08. The summed E-state index contributed by atoms with van der Waals surface area (Å²) in [7, 11) is 1.83. The highest BCUT2D eigenvalue weighted by atomic mass is 16.4. The molecule has 3 aromatic rings. The van der Waals surface area contributed by atoms with Gasteiger partial charge in [-0.25, -0.2) is 4.79 Å². The van der Waals surface area contributed by atoms with Crippen molar-refractivity contribution in [2.24, 2.45) is 7.05 Å². The molecule has 33 heavy (non-hydrogen) atoms. The van der Waals surface area contributed by atoms with Gasteiger partial charge in [-0.15, -0.1) is 0 Å². The van der Waals surface area contributed by atoms with Crippen LogP contribution in [0.15, 0.2) is 30.3 Å². The van der Waals surface area contributed by atoms with Gasteiger partial charge in [-0.3, -0.25) is 9.59 Å². The van der Waals surface area contributed by atoms with E-state index in [0.29, 0.717) is 17.5 Å². The zero-order valence-electron chi connectivity index (χ0n) is 18.1. The van der Waals surface area contributed by atoms with Crippen molar-refractivity contribution in [1.29, 1.82) is 0 Å². The van der Waals surface area contributed by atoms with E-state index in [1.165, 1.54) is 0 Å². The number of hydrogen-bond acceptors (Lipinski definition) is 7. The summed E-state index contributed by atoms with van der Waals surface area (Å²) in [6, 6.07) is 7.26. The smallest absolute Gasteiger partial charge is 0.326 e. The number of amides is 1. The third-order valence-corrected chi connectivity index (χ3v) is 5.43. The van der Waals surface area contributed by atoms with E-state index in [2.05, 4.69) is 15.3 Å². The molecule has 0 saturated heterocycles. The van der Waals surface area contributed by atoms with Gasteiger partial charge in [0.15, 0.2) is 0 Å². The van der Waals surface area contributed by atoms with E-state index in [9.17, 15) is 24.6 Å². The molecule has 1 aromatic carbocycles. The van der Waals surface area contributed by atoms with Crippen LogP contribution < -0.4 is 11.1 Å². The number of rotatable bonds is 9. The number of nitrogens with one attached hydrogen (secondary N) is 1. The Morgan fingerprint density at radius 1 is 1.15 bits per heavy atom. The standard InChI is InChI=1S/C22H25N5O6/c1-11(16-10-14-18(27(16)2)25-22(23)26-20(14)31)9-12-3-5-13(6-4-12)19(30)24-15(21(32)33)7-8-17(28)29/h3-6,10-11,15H,7-9H2,1-2H3,(H,24,30)(H,28,29)(H,32,33)(H3,23,25,26,31)/t11?,15-/m0/s1. The summed E-state index contributed by atoms with van der Waals surface area (Å²) in [5.74, 6) is -3.16. The second-order valence-electron chi connectivity index (χ2n) is 7.87. The number of anilines is 1. The zero-order chi connectivity index (χ0) is 24.3. The maximum Gasteiger partial charge on any atom is 0.326 e. The van der Waals surface area contributed by atoms with Crippen LogP contribution in [0.25, 0.3) is 11.0 Å². The number of carboxylic acid groups (broad SMARTS) is 2. The van der Waals surface area contributed by atoms with Crippen molar-refractivity contribution in [1.82, 2.24) is 19.9 Å². The van der Waals surface area contributed by atoms with Crippen molar-refractivity contribution in [3.63, 3.8) is 0 Å². The number of carbonyl (C=O) groups excluding carboxylic acids is 1. The van der Waals surface area contributed by atoms with Crippen molar-refractivity contribution < 1.29 is 29.7 Å². The summed E-state index contributed by atoms with van der Waals surface area (Å²) < 4.78 is 1.85. The van der Waals surface area contributed by atoms with Gasteiger partial charge in [-0.2, -0.15) is 9.97 Å². The molecule has 11 nitrogen and oxygen atoms in total. The molecular weight excluding hydrogens is 430 g/mol. The van der Waals surface area contributed by atoms with Crippen molar-refractivity contribution in [3.05, 3.63) is 47.2 Å². The number of nitrogen functional groups attached to an aromatic ring is 1. The molecule has 2 heterocycles. The number of aliphatic carboxylic acids is 2. The molecule has 11 heteroatoms. The summed E-state index contributed by atoms with van der Waals surface area (Å²) >= 11 is 0. The molecule has 0 bridgehead atoms. The molecule has 0 spiro atoms. The number of aryl methyl sites for hydroxylation is 1. The molecule has 0 fully saturated rings. The van der Waals surface area contributed by atoms with Crippen LogP contribution in [0.2, 0.25) is 0 Å². The number of hydrogen-bond donors (Lipinski definition) is 5. The molecule has 0 saturated carbocycles. The number of carbonyl (C=O) groups is 3. The minimum atomic E-state index is -1.29. The van der Waals surface area contributed by atoms with E-state index in [1.807, 2.05) is 24.6 Å². The van der Waals surface area contributed by atoms with Gasteiger partial charge >= 0.3 is 11.9 Å². The second kappa shape index (κ2) is 9.55. The minimum absolute atomic E-state index is 0.0117. The predicted molar refractivity (Wildman–Crippen MR) is 119 cm³/mol. The molecule has 0 radical (unpaired) electrons. The molecule has 0 aliphatic rings. The molecule has 1 amide bonds. The number of benzene rings is 1. The number of aromatic nitrogens is 3. The fraction of sp³-hybridized carbons (Fsp3) is 0.318. The van der Waals surface area contributed by atoms with Crippen LogP contribution in [0.3, 0.4) is 0 Å². The normalized spacial score (nSPS) is 12.9. The van der Waals surface area contributed by atoms with Gasteiger partial charge in [0.2, 0.25) is 11.8 Å². The first kappa shape index (κ1) is 23.5. The number of fused-ring (bicyclic) bond motifs is 1. The second-order valence-corrected chi connectivity index (χ2v) is 7.87. The monoisotopic (exact) mass is 455 g/mol. The molecule has 3 rings (SSSR count). The molecule has 6 N–H and O–H groups in total. The lowest BCUT2D eigenvalue weighted by Crippen LogP contribution is -2.41. The average molecular weight is 455 g/mol. The Morgan fingerprint density at radius 3 is 2.42 bits per heavy atom. The van der Waals surface area contributed by atoms with E-state index in [4.69, 9.17) is 10.8 Å². The highest BCUT2D eigenvalue weighted by Gasteiger charge is 2.22. The first-order valence-electron chi connectivity index (χ1n) is 10.2. The summed E-state index contributed by atoms with van der Waals surface area (Å²) in [5, 5.41) is 30.9. The Hall–Kier alpha value is -4.15. The Labute approximate surface area is 188 Å². The predicted octanol–water partition coefficient (Wildman–Crippen LogP) is 1.65. The fourth-order valence-electron chi connectivity index (χ4n) is 3.70. The molecule has 1 unspecified atom stereocenters. The fourth-order valence-corrected chi connectivity index (χ4v) is 3.70. The Kier molecular flexibility index (Phi) is 6.80. The Balaban J connectivity index is 1.70. The zero-order valence-corrected chi connectivity index (χ0v) is 18.1. The minimum Gasteiger partial charge on any atom is -0.493 e. The Bertz CT molecular complexity index is 1200. The topological polar surface area (TPSA) is 181 Å². The van der Waals surface area contributed by atoms with E-state index >= 15 is 0 Å². The van der Waals surface area contributed by atoms with Crippen molar-refractivity contribution >= 4 is 34.8 Å². The highest BCUT2D eigenvalue weighted by Crippen LogP contribution is 2.30. The van der Waals surface area contributed by atoms with Crippen molar-refractivity contribution in [2.45, 2.75) is 38.1 Å². The van der Waals surface area contributed by atoms with Crippen LogP contribution in [0.4, 0.5) is 5.95 Å². The van der Waals surface area contributed by atoms with Crippen LogP contribution >= 0.6 is 0 Å². The number of nitrogens with zero attached hydrogens (tertiary/aromatic N) is 3. The molecule has 174 valence electrons. The lowest BCUT2D eigenvalue weighted by molar-refractivity contribution is -0.140. The van der Waals surface area contributed by atoms with Gasteiger partial charge in [0, 0.05) is 30.6 Å². The number of aromatic hydroxyl groups is 1. The number of carboxylic acids is 2. The summed E-state index contributed by atoms with van der Waals surface area (Å²) in [6.45, 7) is 2.02. The third-order valence-electron chi connectivity index (χ3n) is 5.43. The van der Waals surface area contributed by atoms with Gasteiger partial charge in [0.05, 0.1) is 5.39 Å². The first-order valence-corrected chi connectivity index (χ1v) is 10.2. The SMILES string of the molecule is CC(Cc1ccc(C(=O)N[C@@H](CCC(=O)O)C(=O)O)cc1)c1cc2c(O)nc(N)nc2n1C. The molecule has 0 aliphatic heterocycles. The van der Waals surface area contributed by atoms with Crippen LogP contribution in [-0.4, -0.2) is 53.7 Å². The van der Waals surface area contributed by atoms with Crippen LogP contribution in [0.5, 0.6) is 5.88 Å². The Morgan fingerprint density at radius 2 is 1.82 bits per heavy atom. The molecule has 0 aliphatic carbocycles. The lowest BCUT2D eigenvalue weighted by atomic mass is 9.97. The highest BCUT2D eigenvalue weighted by molar-refractivity contribution is 5.96. The van der Waals surface area contributed by atoms with Gasteiger partial charge in [-0.05, 0) is 36.6 Å². The van der Waals surface area contributed by atoms with Crippen LogP contribution in [-0.2, 0) is 23.1 Å². The molecule has 2 aromatic heterocycles. The quantitative estimate of drug-likeness (QED) is 0.320.